The SMILES string of the molecule is O=C(Cn1nnnc1-c1ccccc1)N/N=C\c1cc([N+](=O)[O-])c(N2CCCCC2)cc1N1CCCCC1. The van der Waals surface area contributed by atoms with E-state index in [0.29, 0.717) is 17.1 Å². The summed E-state index contributed by atoms with van der Waals surface area (Å²) in [5, 5.41) is 27.8. The molecular formula is C26H31N9O3. The molecule has 1 aromatic heterocycles. The molecule has 198 valence electrons. The average Bonchev–Trinajstić information content (AvgIpc) is 3.42. The molecule has 38 heavy (non-hydrogen) atoms. The Labute approximate surface area is 220 Å². The molecule has 2 saturated heterocycles. The Bertz CT molecular complexity index is 1300. The highest BCUT2D eigenvalue weighted by Crippen LogP contribution is 2.37. The van der Waals surface area contributed by atoms with Gasteiger partial charge in [-0.25, -0.2) is 10.1 Å². The van der Waals surface area contributed by atoms with E-state index in [1.54, 1.807) is 6.07 Å². The number of piperidine rings is 2. The van der Waals surface area contributed by atoms with Gasteiger partial charge in [-0.2, -0.15) is 5.10 Å². The van der Waals surface area contributed by atoms with Crippen LogP contribution in [0.15, 0.2) is 47.6 Å². The van der Waals surface area contributed by atoms with Crippen molar-refractivity contribution < 1.29 is 9.72 Å². The number of nitrogens with one attached hydrogen (secondary N) is 1. The Morgan fingerprint density at radius 1 is 0.974 bits per heavy atom. The van der Waals surface area contributed by atoms with Gasteiger partial charge in [-0.15, -0.1) is 5.10 Å². The maximum atomic E-state index is 12.6. The minimum atomic E-state index is -0.412. The number of aromatic nitrogens is 4. The van der Waals surface area contributed by atoms with Gasteiger partial charge in [0.25, 0.3) is 11.6 Å². The molecule has 0 aliphatic carbocycles. The zero-order valence-electron chi connectivity index (χ0n) is 21.2. The first kappa shape index (κ1) is 25.3. The van der Waals surface area contributed by atoms with E-state index in [1.165, 1.54) is 17.3 Å². The normalized spacial score (nSPS) is 16.1. The number of nitro groups is 1. The third kappa shape index (κ3) is 5.79. The first-order valence-electron chi connectivity index (χ1n) is 13.1. The number of nitro benzene ring substituents is 1. The van der Waals surface area contributed by atoms with Crippen molar-refractivity contribution in [3.8, 4) is 11.4 Å². The second-order valence-electron chi connectivity index (χ2n) is 9.57. The molecule has 3 aromatic rings. The molecule has 1 N–H and O–H groups in total. The lowest BCUT2D eigenvalue weighted by Gasteiger charge is -2.33. The number of carbonyl (C=O) groups is 1. The fraction of sp³-hybridized carbons (Fsp3) is 0.423. The second-order valence-corrected chi connectivity index (χ2v) is 9.57. The molecule has 12 nitrogen and oxygen atoms in total. The molecule has 2 aliphatic heterocycles. The Morgan fingerprint density at radius 3 is 2.29 bits per heavy atom. The molecule has 2 aromatic carbocycles. The van der Waals surface area contributed by atoms with Crippen LogP contribution in [0.3, 0.4) is 0 Å². The van der Waals surface area contributed by atoms with Crippen LogP contribution in [-0.4, -0.2) is 63.4 Å². The van der Waals surface area contributed by atoms with E-state index in [2.05, 4.69) is 35.9 Å². The van der Waals surface area contributed by atoms with Gasteiger partial charge >= 0.3 is 0 Å². The third-order valence-electron chi connectivity index (χ3n) is 6.96. The predicted octanol–water partition coefficient (Wildman–Crippen LogP) is 3.38. The number of nitrogens with zero attached hydrogens (tertiary/aromatic N) is 8. The fourth-order valence-electron chi connectivity index (χ4n) is 5.08. The number of amides is 1. The monoisotopic (exact) mass is 517 g/mol. The lowest BCUT2D eigenvalue weighted by atomic mass is 10.0. The van der Waals surface area contributed by atoms with Gasteiger partial charge < -0.3 is 9.80 Å². The van der Waals surface area contributed by atoms with Gasteiger partial charge in [0.1, 0.15) is 12.2 Å². The zero-order valence-corrected chi connectivity index (χ0v) is 21.2. The average molecular weight is 518 g/mol. The summed E-state index contributed by atoms with van der Waals surface area (Å²) in [6, 6.07) is 12.9. The summed E-state index contributed by atoms with van der Waals surface area (Å²) in [5.74, 6) is 0.0609. The van der Waals surface area contributed by atoms with E-state index in [1.807, 2.05) is 36.4 Å². The summed E-state index contributed by atoms with van der Waals surface area (Å²) in [5.41, 5.74) is 5.53. The quantitative estimate of drug-likeness (QED) is 0.273. The molecule has 0 bridgehead atoms. The van der Waals surface area contributed by atoms with Crippen LogP contribution in [0.1, 0.15) is 44.1 Å². The van der Waals surface area contributed by atoms with Crippen molar-refractivity contribution >= 4 is 29.2 Å². The number of rotatable bonds is 8. The van der Waals surface area contributed by atoms with Crippen molar-refractivity contribution in [2.75, 3.05) is 36.0 Å². The predicted molar refractivity (Wildman–Crippen MR) is 144 cm³/mol. The van der Waals surface area contributed by atoms with Crippen LogP contribution < -0.4 is 15.2 Å². The van der Waals surface area contributed by atoms with Crippen molar-refractivity contribution in [2.24, 2.45) is 5.10 Å². The molecule has 0 saturated carbocycles. The minimum absolute atomic E-state index is 0.0571. The Kier molecular flexibility index (Phi) is 7.86. The Balaban J connectivity index is 1.37. The Morgan fingerprint density at radius 2 is 1.63 bits per heavy atom. The van der Waals surface area contributed by atoms with Gasteiger partial charge in [0.05, 0.1) is 11.1 Å². The molecule has 2 fully saturated rings. The molecule has 5 rings (SSSR count). The van der Waals surface area contributed by atoms with E-state index >= 15 is 0 Å². The summed E-state index contributed by atoms with van der Waals surface area (Å²) >= 11 is 0. The molecule has 0 unspecified atom stereocenters. The molecule has 3 heterocycles. The summed E-state index contributed by atoms with van der Waals surface area (Å²) < 4.78 is 1.40. The summed E-state index contributed by atoms with van der Waals surface area (Å²) in [6.45, 7) is 3.26. The maximum Gasteiger partial charge on any atom is 0.293 e. The molecule has 0 radical (unpaired) electrons. The summed E-state index contributed by atoms with van der Waals surface area (Å²) in [7, 11) is 0. The number of hydrogen-bond donors (Lipinski definition) is 1. The van der Waals surface area contributed by atoms with Crippen molar-refractivity contribution in [3.63, 3.8) is 0 Å². The molecule has 0 spiro atoms. The van der Waals surface area contributed by atoms with Crippen LogP contribution in [0.25, 0.3) is 11.4 Å². The maximum absolute atomic E-state index is 12.6. The van der Waals surface area contributed by atoms with Crippen LogP contribution in [-0.2, 0) is 11.3 Å². The second kappa shape index (κ2) is 11.8. The first-order valence-corrected chi connectivity index (χ1v) is 13.1. The van der Waals surface area contributed by atoms with E-state index < -0.39 is 5.91 Å². The smallest absolute Gasteiger partial charge is 0.293 e. The van der Waals surface area contributed by atoms with Gasteiger partial charge in [0.2, 0.25) is 0 Å². The highest BCUT2D eigenvalue weighted by atomic mass is 16.6. The lowest BCUT2D eigenvalue weighted by molar-refractivity contribution is -0.384. The number of anilines is 2. The van der Waals surface area contributed by atoms with Gasteiger partial charge in [0, 0.05) is 49.1 Å². The van der Waals surface area contributed by atoms with Crippen LogP contribution in [0, 0.1) is 10.1 Å². The van der Waals surface area contributed by atoms with E-state index in [9.17, 15) is 14.9 Å². The number of carbonyl (C=O) groups excluding carboxylic acids is 1. The highest BCUT2D eigenvalue weighted by molar-refractivity contribution is 5.93. The van der Waals surface area contributed by atoms with Gasteiger partial charge in [-0.05, 0) is 55.0 Å². The van der Waals surface area contributed by atoms with E-state index in [4.69, 9.17) is 0 Å². The van der Waals surface area contributed by atoms with E-state index in [0.717, 1.165) is 69.5 Å². The summed E-state index contributed by atoms with van der Waals surface area (Å²) in [6.07, 6.45) is 8.00. The molecular weight excluding hydrogens is 486 g/mol. The van der Waals surface area contributed by atoms with Crippen molar-refractivity contribution in [1.29, 1.82) is 0 Å². The zero-order chi connectivity index (χ0) is 26.3. The highest BCUT2D eigenvalue weighted by Gasteiger charge is 2.26. The molecule has 0 atom stereocenters. The minimum Gasteiger partial charge on any atom is -0.371 e. The molecule has 1 amide bonds. The van der Waals surface area contributed by atoms with Crippen LogP contribution >= 0.6 is 0 Å². The van der Waals surface area contributed by atoms with Crippen molar-refractivity contribution in [2.45, 2.75) is 45.1 Å². The van der Waals surface area contributed by atoms with Gasteiger partial charge in [-0.3, -0.25) is 14.9 Å². The van der Waals surface area contributed by atoms with Crippen LogP contribution in [0.4, 0.5) is 17.1 Å². The Hall–Kier alpha value is -4.35. The number of benzene rings is 2. The van der Waals surface area contributed by atoms with E-state index in [-0.39, 0.29) is 17.2 Å². The largest absolute Gasteiger partial charge is 0.371 e. The summed E-state index contributed by atoms with van der Waals surface area (Å²) in [4.78, 5) is 28.7. The standard InChI is InChI=1S/C26H31N9O3/c36-25(19-34-26(29-30-31-34)20-10-4-1-5-11-20)28-27-18-21-16-24(35(37)38)23(33-14-8-3-9-15-33)17-22(21)32-12-6-2-7-13-32/h1,4-5,10-11,16-18H,2-3,6-9,12-15,19H2,(H,28,36)/b27-18-. The van der Waals surface area contributed by atoms with Gasteiger partial charge in [0.15, 0.2) is 5.82 Å². The van der Waals surface area contributed by atoms with Crippen LogP contribution in [0.2, 0.25) is 0 Å². The number of hydrogen-bond acceptors (Lipinski definition) is 9. The molecule has 2 aliphatic rings. The lowest BCUT2D eigenvalue weighted by Crippen LogP contribution is -2.32. The van der Waals surface area contributed by atoms with Gasteiger partial charge in [-0.1, -0.05) is 30.3 Å². The van der Waals surface area contributed by atoms with Crippen molar-refractivity contribution in [3.05, 3.63) is 58.1 Å². The topological polar surface area (TPSA) is 135 Å². The fourth-order valence-corrected chi connectivity index (χ4v) is 5.08. The number of hydrazone groups is 1. The number of tetrazole rings is 1. The first-order chi connectivity index (χ1) is 18.6. The molecule has 12 heteroatoms. The van der Waals surface area contributed by atoms with Crippen LogP contribution in [0.5, 0.6) is 0 Å². The van der Waals surface area contributed by atoms with Crippen molar-refractivity contribution in [1.82, 2.24) is 25.6 Å². The third-order valence-corrected chi connectivity index (χ3v) is 6.96.